The molecular formula is C20H31N3O2. The predicted octanol–water partition coefficient (Wildman–Crippen LogP) is 3.19. The number of rotatable bonds is 6. The number of ether oxygens (including phenoxy) is 2. The summed E-state index contributed by atoms with van der Waals surface area (Å²) in [6, 6.07) is 8.33. The van der Waals surface area contributed by atoms with Gasteiger partial charge < -0.3 is 19.7 Å². The minimum absolute atomic E-state index is 0.399. The van der Waals surface area contributed by atoms with Gasteiger partial charge in [-0.3, -0.25) is 4.99 Å². The lowest BCUT2D eigenvalue weighted by Gasteiger charge is -2.34. The summed E-state index contributed by atoms with van der Waals surface area (Å²) in [5.74, 6) is 1.97. The standard InChI is InChI=1S/C20H31N3O2/c1-3-24-17-11-13-23(14-12-17)20(21-2)22-15-16-7-4-5-10-19(16)25-18-8-6-9-18/h4-5,7,10,17-18H,3,6,8-9,11-15H2,1-2H3,(H,21,22). The van der Waals surface area contributed by atoms with Crippen LogP contribution >= 0.6 is 0 Å². The van der Waals surface area contributed by atoms with Crippen molar-refractivity contribution in [3.05, 3.63) is 29.8 Å². The number of nitrogens with zero attached hydrogens (tertiary/aromatic N) is 2. The first-order chi connectivity index (χ1) is 12.3. The van der Waals surface area contributed by atoms with Crippen molar-refractivity contribution in [1.82, 2.24) is 10.2 Å². The van der Waals surface area contributed by atoms with E-state index in [1.807, 2.05) is 13.1 Å². The van der Waals surface area contributed by atoms with Gasteiger partial charge in [0.05, 0.1) is 12.2 Å². The maximum atomic E-state index is 6.12. The van der Waals surface area contributed by atoms with E-state index in [0.29, 0.717) is 12.2 Å². The SMILES string of the molecule is CCOC1CCN(C(=NC)NCc2ccccc2OC2CCC2)CC1. The van der Waals surface area contributed by atoms with E-state index in [0.717, 1.165) is 50.8 Å². The zero-order valence-corrected chi connectivity index (χ0v) is 15.5. The zero-order valence-electron chi connectivity index (χ0n) is 15.5. The summed E-state index contributed by atoms with van der Waals surface area (Å²) in [5.41, 5.74) is 1.19. The van der Waals surface area contributed by atoms with Gasteiger partial charge in [-0.25, -0.2) is 0 Å². The molecule has 0 atom stereocenters. The van der Waals surface area contributed by atoms with Crippen molar-refractivity contribution in [3.63, 3.8) is 0 Å². The highest BCUT2D eigenvalue weighted by atomic mass is 16.5. The average Bonchev–Trinajstić information content (AvgIpc) is 2.61. The number of likely N-dealkylation sites (tertiary alicyclic amines) is 1. The molecule has 2 fully saturated rings. The monoisotopic (exact) mass is 345 g/mol. The van der Waals surface area contributed by atoms with Crippen LogP contribution < -0.4 is 10.1 Å². The van der Waals surface area contributed by atoms with Gasteiger partial charge >= 0.3 is 0 Å². The number of piperidine rings is 1. The van der Waals surface area contributed by atoms with E-state index in [4.69, 9.17) is 9.47 Å². The molecule has 1 heterocycles. The van der Waals surface area contributed by atoms with E-state index in [-0.39, 0.29) is 0 Å². The summed E-state index contributed by atoms with van der Waals surface area (Å²) in [4.78, 5) is 6.79. The van der Waals surface area contributed by atoms with Crippen LogP contribution in [0.2, 0.25) is 0 Å². The van der Waals surface area contributed by atoms with Gasteiger partial charge in [-0.05, 0) is 45.1 Å². The summed E-state index contributed by atoms with van der Waals surface area (Å²) in [5, 5.41) is 3.51. The Morgan fingerprint density at radius 3 is 2.56 bits per heavy atom. The molecule has 3 rings (SSSR count). The molecule has 2 aliphatic rings. The molecule has 5 heteroatoms. The average molecular weight is 345 g/mol. The first-order valence-corrected chi connectivity index (χ1v) is 9.62. The largest absolute Gasteiger partial charge is 0.490 e. The minimum Gasteiger partial charge on any atom is -0.490 e. The number of guanidine groups is 1. The molecule has 1 aliphatic carbocycles. The first kappa shape index (κ1) is 18.1. The number of hydrogen-bond donors (Lipinski definition) is 1. The summed E-state index contributed by atoms with van der Waals surface area (Å²) < 4.78 is 11.9. The Kier molecular flexibility index (Phi) is 6.56. The van der Waals surface area contributed by atoms with Gasteiger partial charge in [-0.1, -0.05) is 18.2 Å². The molecule has 25 heavy (non-hydrogen) atoms. The van der Waals surface area contributed by atoms with Gasteiger partial charge in [0.2, 0.25) is 0 Å². The fourth-order valence-corrected chi connectivity index (χ4v) is 3.41. The summed E-state index contributed by atoms with van der Waals surface area (Å²) in [6.45, 7) is 5.58. The Bertz CT molecular complexity index is 564. The molecule has 5 nitrogen and oxygen atoms in total. The van der Waals surface area contributed by atoms with Crippen molar-refractivity contribution in [2.24, 2.45) is 4.99 Å². The molecule has 0 radical (unpaired) electrons. The van der Waals surface area contributed by atoms with Gasteiger partial charge in [-0.15, -0.1) is 0 Å². The summed E-state index contributed by atoms with van der Waals surface area (Å²) in [6.07, 6.45) is 6.58. The van der Waals surface area contributed by atoms with Crippen LogP contribution in [-0.2, 0) is 11.3 Å². The van der Waals surface area contributed by atoms with Crippen LogP contribution in [0.4, 0.5) is 0 Å². The van der Waals surface area contributed by atoms with E-state index in [1.54, 1.807) is 0 Å². The number of para-hydroxylation sites is 1. The van der Waals surface area contributed by atoms with Crippen molar-refractivity contribution in [1.29, 1.82) is 0 Å². The number of nitrogens with one attached hydrogen (secondary N) is 1. The second kappa shape index (κ2) is 9.09. The smallest absolute Gasteiger partial charge is 0.193 e. The van der Waals surface area contributed by atoms with Crippen LogP contribution in [0.1, 0.15) is 44.6 Å². The number of benzene rings is 1. The lowest BCUT2D eigenvalue weighted by Crippen LogP contribution is -2.46. The van der Waals surface area contributed by atoms with E-state index in [2.05, 4.69) is 40.3 Å². The summed E-state index contributed by atoms with van der Waals surface area (Å²) >= 11 is 0. The van der Waals surface area contributed by atoms with Crippen molar-refractivity contribution in [2.45, 2.75) is 57.8 Å². The van der Waals surface area contributed by atoms with Crippen molar-refractivity contribution < 1.29 is 9.47 Å². The number of aliphatic imine (C=N–C) groups is 1. The highest BCUT2D eigenvalue weighted by Gasteiger charge is 2.22. The molecule has 1 saturated heterocycles. The topological polar surface area (TPSA) is 46.1 Å². The van der Waals surface area contributed by atoms with Crippen molar-refractivity contribution in [2.75, 3.05) is 26.7 Å². The van der Waals surface area contributed by atoms with Gasteiger partial charge in [-0.2, -0.15) is 0 Å². The van der Waals surface area contributed by atoms with Gasteiger partial charge in [0.15, 0.2) is 5.96 Å². The molecule has 0 spiro atoms. The second-order valence-electron chi connectivity index (χ2n) is 6.82. The third-order valence-electron chi connectivity index (χ3n) is 5.11. The van der Waals surface area contributed by atoms with Gasteiger partial charge in [0, 0.05) is 38.9 Å². The van der Waals surface area contributed by atoms with Crippen LogP contribution in [0, 0.1) is 0 Å². The van der Waals surface area contributed by atoms with Crippen molar-refractivity contribution >= 4 is 5.96 Å². The van der Waals surface area contributed by atoms with Crippen molar-refractivity contribution in [3.8, 4) is 5.75 Å². The van der Waals surface area contributed by atoms with Gasteiger partial charge in [0.25, 0.3) is 0 Å². The van der Waals surface area contributed by atoms with E-state index in [9.17, 15) is 0 Å². The Morgan fingerprint density at radius 2 is 1.92 bits per heavy atom. The molecular weight excluding hydrogens is 314 g/mol. The highest BCUT2D eigenvalue weighted by Crippen LogP contribution is 2.27. The fraction of sp³-hybridized carbons (Fsp3) is 0.650. The molecule has 0 bridgehead atoms. The molecule has 1 N–H and O–H groups in total. The molecule has 0 aromatic heterocycles. The summed E-state index contributed by atoms with van der Waals surface area (Å²) in [7, 11) is 1.85. The highest BCUT2D eigenvalue weighted by molar-refractivity contribution is 5.80. The molecule has 1 aromatic carbocycles. The lowest BCUT2D eigenvalue weighted by molar-refractivity contribution is 0.0263. The van der Waals surface area contributed by atoms with Crippen LogP contribution in [0.3, 0.4) is 0 Å². The Hall–Kier alpha value is -1.75. The molecule has 0 unspecified atom stereocenters. The fourth-order valence-electron chi connectivity index (χ4n) is 3.41. The maximum absolute atomic E-state index is 6.12. The molecule has 0 amide bonds. The second-order valence-corrected chi connectivity index (χ2v) is 6.82. The quantitative estimate of drug-likeness (QED) is 0.635. The van der Waals surface area contributed by atoms with E-state index < -0.39 is 0 Å². The molecule has 1 aliphatic heterocycles. The lowest BCUT2D eigenvalue weighted by atomic mass is 9.96. The van der Waals surface area contributed by atoms with Crippen LogP contribution in [0.15, 0.2) is 29.3 Å². The zero-order chi connectivity index (χ0) is 17.5. The van der Waals surface area contributed by atoms with Crippen LogP contribution in [0.25, 0.3) is 0 Å². The van der Waals surface area contributed by atoms with E-state index >= 15 is 0 Å². The predicted molar refractivity (Wildman–Crippen MR) is 101 cm³/mol. The Morgan fingerprint density at radius 1 is 1.16 bits per heavy atom. The Labute approximate surface area is 151 Å². The van der Waals surface area contributed by atoms with Crippen LogP contribution in [0.5, 0.6) is 5.75 Å². The molecule has 1 aromatic rings. The third-order valence-corrected chi connectivity index (χ3v) is 5.11. The maximum Gasteiger partial charge on any atom is 0.193 e. The number of hydrogen-bond acceptors (Lipinski definition) is 3. The van der Waals surface area contributed by atoms with Gasteiger partial charge in [0.1, 0.15) is 5.75 Å². The Balaban J connectivity index is 1.53. The molecule has 138 valence electrons. The minimum atomic E-state index is 0.399. The van der Waals surface area contributed by atoms with Crippen LogP contribution in [-0.4, -0.2) is 49.8 Å². The molecule has 1 saturated carbocycles. The third kappa shape index (κ3) is 4.88. The normalized spacial score (nSPS) is 19.6. The van der Waals surface area contributed by atoms with E-state index in [1.165, 1.54) is 24.8 Å². The first-order valence-electron chi connectivity index (χ1n) is 9.62.